The molecule has 0 radical (unpaired) electrons. The second-order valence-corrected chi connectivity index (χ2v) is 10.2. The summed E-state index contributed by atoms with van der Waals surface area (Å²) in [7, 11) is 2.03. The number of nitrogens with zero attached hydrogens (tertiary/aromatic N) is 3. The number of hydrogen-bond donors (Lipinski definition) is 1. The molecule has 3 aromatic rings. The lowest BCUT2D eigenvalue weighted by molar-refractivity contribution is 0.0957. The molecular formula is C27H34N4OS. The molecule has 1 N–H and O–H groups in total. The summed E-state index contributed by atoms with van der Waals surface area (Å²) in [4.78, 5) is 26.2. The Hall–Kier alpha value is -2.73. The lowest BCUT2D eigenvalue weighted by atomic mass is 9.97. The maximum Gasteiger partial charge on any atom is 0.261 e. The Kier molecular flexibility index (Phi) is 7.13. The summed E-state index contributed by atoms with van der Waals surface area (Å²) in [5.41, 5.74) is 4.80. The standard InChI is InChI=1S/C27H34N4OS/c1-17(2)21-11-13-22(14-12-21)31(5)25-23-18(3)24(33-27(23)30-19(4)29-25)26(32)28-16-15-20-9-7-6-8-10-20/h9,11-14,17H,6-8,10,15-16H2,1-5H3,(H,28,32). The number of fused-ring (bicyclic) bond motifs is 1. The molecule has 4 rings (SSSR count). The molecule has 0 aliphatic heterocycles. The van der Waals surface area contributed by atoms with E-state index in [1.165, 1.54) is 48.2 Å². The van der Waals surface area contributed by atoms with Gasteiger partial charge in [0, 0.05) is 19.3 Å². The van der Waals surface area contributed by atoms with Crippen molar-refractivity contribution < 1.29 is 4.79 Å². The summed E-state index contributed by atoms with van der Waals surface area (Å²) in [6, 6.07) is 8.60. The fourth-order valence-electron chi connectivity index (χ4n) is 4.43. The number of amides is 1. The van der Waals surface area contributed by atoms with Crippen LogP contribution in [0, 0.1) is 13.8 Å². The molecule has 5 nitrogen and oxygen atoms in total. The molecule has 0 unspecified atom stereocenters. The normalized spacial score (nSPS) is 13.9. The molecule has 1 amide bonds. The number of aryl methyl sites for hydroxylation is 2. The highest BCUT2D eigenvalue weighted by atomic mass is 32.1. The fraction of sp³-hybridized carbons (Fsp3) is 0.444. The molecule has 1 aromatic carbocycles. The Bertz CT molecular complexity index is 1180. The number of nitrogens with one attached hydrogen (secondary N) is 1. The molecular weight excluding hydrogens is 428 g/mol. The van der Waals surface area contributed by atoms with Crippen molar-refractivity contribution >= 4 is 39.0 Å². The highest BCUT2D eigenvalue weighted by Crippen LogP contribution is 2.37. The van der Waals surface area contributed by atoms with Crippen LogP contribution in [0.3, 0.4) is 0 Å². The Morgan fingerprint density at radius 2 is 1.91 bits per heavy atom. The minimum atomic E-state index is -0.0144. The molecule has 2 heterocycles. The van der Waals surface area contributed by atoms with Crippen molar-refractivity contribution in [3.8, 4) is 0 Å². The molecule has 1 aliphatic rings. The zero-order chi connectivity index (χ0) is 23.5. The zero-order valence-corrected chi connectivity index (χ0v) is 21.2. The van der Waals surface area contributed by atoms with Crippen LogP contribution in [0.25, 0.3) is 10.2 Å². The van der Waals surface area contributed by atoms with Crippen LogP contribution in [-0.2, 0) is 0 Å². The Morgan fingerprint density at radius 3 is 2.58 bits per heavy atom. The van der Waals surface area contributed by atoms with Crippen LogP contribution in [0.5, 0.6) is 0 Å². The van der Waals surface area contributed by atoms with Gasteiger partial charge >= 0.3 is 0 Å². The van der Waals surface area contributed by atoms with E-state index in [-0.39, 0.29) is 5.91 Å². The van der Waals surface area contributed by atoms with E-state index in [0.717, 1.165) is 38.6 Å². The second kappa shape index (κ2) is 10.0. The minimum absolute atomic E-state index is 0.0144. The topological polar surface area (TPSA) is 58.1 Å². The molecule has 174 valence electrons. The maximum atomic E-state index is 13.0. The van der Waals surface area contributed by atoms with E-state index in [1.54, 1.807) is 0 Å². The van der Waals surface area contributed by atoms with Gasteiger partial charge in [-0.3, -0.25) is 4.79 Å². The summed E-state index contributed by atoms with van der Waals surface area (Å²) >= 11 is 1.46. The van der Waals surface area contributed by atoms with Crippen LogP contribution < -0.4 is 10.2 Å². The molecule has 1 aliphatic carbocycles. The predicted molar refractivity (Wildman–Crippen MR) is 139 cm³/mol. The Morgan fingerprint density at radius 1 is 1.15 bits per heavy atom. The number of hydrogen-bond acceptors (Lipinski definition) is 5. The number of carbonyl (C=O) groups excluding carboxylic acids is 1. The zero-order valence-electron chi connectivity index (χ0n) is 20.4. The maximum absolute atomic E-state index is 13.0. The van der Waals surface area contributed by atoms with Gasteiger partial charge in [-0.25, -0.2) is 9.97 Å². The Balaban J connectivity index is 1.59. The third kappa shape index (κ3) is 5.11. The van der Waals surface area contributed by atoms with Gasteiger partial charge in [-0.05, 0) is 75.1 Å². The largest absolute Gasteiger partial charge is 0.351 e. The van der Waals surface area contributed by atoms with Crippen molar-refractivity contribution in [1.29, 1.82) is 0 Å². The van der Waals surface area contributed by atoms with Crippen LogP contribution in [0.15, 0.2) is 35.9 Å². The fourth-order valence-corrected chi connectivity index (χ4v) is 5.57. The average Bonchev–Trinajstić information content (AvgIpc) is 3.15. The first-order chi connectivity index (χ1) is 15.8. The molecule has 0 atom stereocenters. The smallest absolute Gasteiger partial charge is 0.261 e. The van der Waals surface area contributed by atoms with E-state index < -0.39 is 0 Å². The van der Waals surface area contributed by atoms with Crippen molar-refractivity contribution in [3.05, 3.63) is 57.7 Å². The van der Waals surface area contributed by atoms with Crippen molar-refractivity contribution in [2.24, 2.45) is 0 Å². The number of rotatable bonds is 7. The van der Waals surface area contributed by atoms with Gasteiger partial charge in [-0.1, -0.05) is 37.6 Å². The van der Waals surface area contributed by atoms with Crippen LogP contribution in [0.4, 0.5) is 11.5 Å². The molecule has 33 heavy (non-hydrogen) atoms. The van der Waals surface area contributed by atoms with Crippen LogP contribution >= 0.6 is 11.3 Å². The number of anilines is 2. The molecule has 0 saturated carbocycles. The molecule has 6 heteroatoms. The van der Waals surface area contributed by atoms with Crippen LogP contribution in [0.2, 0.25) is 0 Å². The molecule has 0 spiro atoms. The molecule has 0 bridgehead atoms. The SMILES string of the molecule is Cc1nc(N(C)c2ccc(C(C)C)cc2)c2c(C)c(C(=O)NCCC3=CCCCC3)sc2n1. The third-order valence-electron chi connectivity index (χ3n) is 6.47. The first-order valence-electron chi connectivity index (χ1n) is 11.9. The van der Waals surface area contributed by atoms with Crippen molar-refractivity contribution in [2.45, 2.75) is 65.7 Å². The highest BCUT2D eigenvalue weighted by Gasteiger charge is 2.22. The third-order valence-corrected chi connectivity index (χ3v) is 7.66. The number of benzene rings is 1. The van der Waals surface area contributed by atoms with Crippen molar-refractivity contribution in [1.82, 2.24) is 15.3 Å². The lowest BCUT2D eigenvalue weighted by Gasteiger charge is -2.20. The van der Waals surface area contributed by atoms with Gasteiger partial charge in [-0.15, -0.1) is 11.3 Å². The van der Waals surface area contributed by atoms with E-state index in [2.05, 4.69) is 59.4 Å². The van der Waals surface area contributed by atoms with Crippen molar-refractivity contribution in [2.75, 3.05) is 18.5 Å². The van der Waals surface area contributed by atoms with E-state index in [4.69, 9.17) is 4.98 Å². The first-order valence-corrected chi connectivity index (χ1v) is 12.7. The van der Waals surface area contributed by atoms with Gasteiger partial charge in [0.05, 0.1) is 10.3 Å². The van der Waals surface area contributed by atoms with E-state index in [0.29, 0.717) is 18.3 Å². The Labute approximate surface area is 200 Å². The van der Waals surface area contributed by atoms with Gasteiger partial charge in [0.2, 0.25) is 0 Å². The predicted octanol–water partition coefficient (Wildman–Crippen LogP) is 6.82. The van der Waals surface area contributed by atoms with Crippen LogP contribution in [-0.4, -0.2) is 29.5 Å². The molecule has 2 aromatic heterocycles. The van der Waals surface area contributed by atoms with Gasteiger partial charge < -0.3 is 10.2 Å². The molecule has 0 fully saturated rings. The monoisotopic (exact) mass is 462 g/mol. The lowest BCUT2D eigenvalue weighted by Crippen LogP contribution is -2.24. The van der Waals surface area contributed by atoms with Gasteiger partial charge in [0.15, 0.2) is 0 Å². The number of carbonyl (C=O) groups is 1. The van der Waals surface area contributed by atoms with Gasteiger partial charge in [-0.2, -0.15) is 0 Å². The van der Waals surface area contributed by atoms with Crippen LogP contribution in [0.1, 0.15) is 78.5 Å². The van der Waals surface area contributed by atoms with Gasteiger partial charge in [0.25, 0.3) is 5.91 Å². The second-order valence-electron chi connectivity index (χ2n) is 9.25. The van der Waals surface area contributed by atoms with E-state index in [1.807, 2.05) is 20.9 Å². The summed E-state index contributed by atoms with van der Waals surface area (Å²) in [6.07, 6.45) is 8.18. The first kappa shape index (κ1) is 23.4. The average molecular weight is 463 g/mol. The summed E-state index contributed by atoms with van der Waals surface area (Å²) < 4.78 is 0. The highest BCUT2D eigenvalue weighted by molar-refractivity contribution is 7.20. The minimum Gasteiger partial charge on any atom is -0.351 e. The summed E-state index contributed by atoms with van der Waals surface area (Å²) in [5.74, 6) is 2.03. The number of aromatic nitrogens is 2. The quantitative estimate of drug-likeness (QED) is 0.391. The van der Waals surface area contributed by atoms with E-state index in [9.17, 15) is 4.79 Å². The molecule has 0 saturated heterocycles. The van der Waals surface area contributed by atoms with E-state index >= 15 is 0 Å². The number of thiophene rings is 1. The van der Waals surface area contributed by atoms with Crippen molar-refractivity contribution in [3.63, 3.8) is 0 Å². The summed E-state index contributed by atoms with van der Waals surface area (Å²) in [6.45, 7) is 8.99. The summed E-state index contributed by atoms with van der Waals surface area (Å²) in [5, 5.41) is 4.09. The van der Waals surface area contributed by atoms with Gasteiger partial charge in [0.1, 0.15) is 16.5 Å². The number of allylic oxidation sites excluding steroid dienone is 1.